The van der Waals surface area contributed by atoms with Crippen LogP contribution in [0.3, 0.4) is 0 Å². The SMILES string of the molecule is CCCN(C(=O)OC(C)(C)C)c1sc(-c2cncc(F)c2)nc1Br. The van der Waals surface area contributed by atoms with Crippen LogP contribution in [0.1, 0.15) is 34.1 Å². The Morgan fingerprint density at radius 3 is 2.71 bits per heavy atom. The lowest BCUT2D eigenvalue weighted by molar-refractivity contribution is 0.0581. The Hall–Kier alpha value is -1.54. The largest absolute Gasteiger partial charge is 0.443 e. The molecule has 5 nitrogen and oxygen atoms in total. The fraction of sp³-hybridized carbons (Fsp3) is 0.438. The Kier molecular flexibility index (Phi) is 5.92. The second-order valence-electron chi connectivity index (χ2n) is 6.14. The zero-order chi connectivity index (χ0) is 17.9. The number of aromatic nitrogens is 2. The maximum absolute atomic E-state index is 13.4. The van der Waals surface area contributed by atoms with Crippen molar-refractivity contribution in [1.82, 2.24) is 9.97 Å². The molecule has 0 bridgehead atoms. The zero-order valence-electron chi connectivity index (χ0n) is 14.0. The number of pyridine rings is 1. The van der Waals surface area contributed by atoms with Crippen molar-refractivity contribution in [1.29, 1.82) is 0 Å². The fourth-order valence-corrected chi connectivity index (χ4v) is 3.64. The molecule has 0 N–H and O–H groups in total. The van der Waals surface area contributed by atoms with Gasteiger partial charge in [-0.2, -0.15) is 0 Å². The van der Waals surface area contributed by atoms with E-state index in [9.17, 15) is 9.18 Å². The minimum Gasteiger partial charge on any atom is -0.443 e. The first kappa shape index (κ1) is 18.8. The number of rotatable bonds is 4. The maximum atomic E-state index is 13.4. The Bertz CT molecular complexity index is 730. The van der Waals surface area contributed by atoms with Gasteiger partial charge in [0.25, 0.3) is 0 Å². The Morgan fingerprint density at radius 1 is 1.42 bits per heavy atom. The molecule has 0 spiro atoms. The molecular formula is C16H19BrFN3O2S. The molecule has 1 amide bonds. The van der Waals surface area contributed by atoms with Gasteiger partial charge < -0.3 is 4.74 Å². The minimum atomic E-state index is -0.588. The van der Waals surface area contributed by atoms with E-state index in [-0.39, 0.29) is 0 Å². The quantitative estimate of drug-likeness (QED) is 0.683. The predicted molar refractivity (Wildman–Crippen MR) is 96.9 cm³/mol. The number of thiazole rings is 1. The van der Waals surface area contributed by atoms with Gasteiger partial charge in [0.2, 0.25) is 0 Å². The molecule has 0 fully saturated rings. The molecule has 0 atom stereocenters. The molecule has 2 aromatic heterocycles. The molecule has 0 aliphatic rings. The van der Waals surface area contributed by atoms with Crippen LogP contribution in [0.4, 0.5) is 14.2 Å². The van der Waals surface area contributed by atoms with Gasteiger partial charge >= 0.3 is 6.09 Å². The summed E-state index contributed by atoms with van der Waals surface area (Å²) in [6.07, 6.45) is 3.01. The number of amides is 1. The van der Waals surface area contributed by atoms with Gasteiger partial charge in [0.1, 0.15) is 26.0 Å². The van der Waals surface area contributed by atoms with Crippen LogP contribution >= 0.6 is 27.3 Å². The molecule has 0 aromatic carbocycles. The van der Waals surface area contributed by atoms with Gasteiger partial charge in [0, 0.05) is 18.3 Å². The second-order valence-corrected chi connectivity index (χ2v) is 7.87. The average Bonchev–Trinajstić information content (AvgIpc) is 2.84. The van der Waals surface area contributed by atoms with Gasteiger partial charge in [-0.25, -0.2) is 14.2 Å². The van der Waals surface area contributed by atoms with Crippen LogP contribution < -0.4 is 4.90 Å². The second kappa shape index (κ2) is 7.57. The van der Waals surface area contributed by atoms with Crippen LogP contribution in [-0.4, -0.2) is 28.2 Å². The summed E-state index contributed by atoms with van der Waals surface area (Å²) < 4.78 is 19.4. The molecule has 2 heterocycles. The van der Waals surface area contributed by atoms with Crippen LogP contribution in [0.5, 0.6) is 0 Å². The molecule has 130 valence electrons. The first-order valence-electron chi connectivity index (χ1n) is 7.49. The van der Waals surface area contributed by atoms with Crippen molar-refractivity contribution in [2.75, 3.05) is 11.4 Å². The van der Waals surface area contributed by atoms with E-state index < -0.39 is 17.5 Å². The molecule has 8 heteroatoms. The average molecular weight is 416 g/mol. The molecule has 2 rings (SSSR count). The molecule has 2 aromatic rings. The van der Waals surface area contributed by atoms with E-state index in [4.69, 9.17) is 4.74 Å². The number of nitrogens with zero attached hydrogens (tertiary/aromatic N) is 3. The Labute approximate surface area is 153 Å². The third-order valence-electron chi connectivity index (χ3n) is 2.83. The van der Waals surface area contributed by atoms with E-state index in [0.29, 0.717) is 26.7 Å². The lowest BCUT2D eigenvalue weighted by Crippen LogP contribution is -2.37. The molecule has 0 aliphatic heterocycles. The highest BCUT2D eigenvalue weighted by Gasteiger charge is 2.27. The highest BCUT2D eigenvalue weighted by molar-refractivity contribution is 9.10. The molecule has 24 heavy (non-hydrogen) atoms. The molecule has 0 aliphatic carbocycles. The number of anilines is 1. The van der Waals surface area contributed by atoms with Crippen molar-refractivity contribution < 1.29 is 13.9 Å². The van der Waals surface area contributed by atoms with Crippen molar-refractivity contribution in [3.63, 3.8) is 0 Å². The van der Waals surface area contributed by atoms with Crippen LogP contribution in [0, 0.1) is 5.82 Å². The normalized spacial score (nSPS) is 11.4. The van der Waals surface area contributed by atoms with Gasteiger partial charge in [-0.3, -0.25) is 9.88 Å². The fourth-order valence-electron chi connectivity index (χ4n) is 1.93. The monoisotopic (exact) mass is 415 g/mol. The lowest BCUT2D eigenvalue weighted by atomic mass is 10.2. The topological polar surface area (TPSA) is 55.3 Å². The highest BCUT2D eigenvalue weighted by Crippen LogP contribution is 2.38. The molecule has 0 unspecified atom stereocenters. The number of hydrogen-bond acceptors (Lipinski definition) is 5. The molecule has 0 radical (unpaired) electrons. The van der Waals surface area contributed by atoms with E-state index in [1.54, 1.807) is 4.90 Å². The van der Waals surface area contributed by atoms with Gasteiger partial charge in [0.15, 0.2) is 0 Å². The van der Waals surface area contributed by atoms with Gasteiger partial charge in [-0.1, -0.05) is 18.3 Å². The number of halogens is 2. The molecule has 0 saturated heterocycles. The Balaban J connectivity index is 2.36. The number of carbonyl (C=O) groups excluding carboxylic acids is 1. The summed E-state index contributed by atoms with van der Waals surface area (Å²) in [5, 5.41) is 1.21. The van der Waals surface area contributed by atoms with Crippen molar-refractivity contribution in [3.05, 3.63) is 28.9 Å². The van der Waals surface area contributed by atoms with E-state index in [0.717, 1.165) is 12.6 Å². The van der Waals surface area contributed by atoms with E-state index in [1.807, 2.05) is 27.7 Å². The van der Waals surface area contributed by atoms with E-state index in [1.165, 1.54) is 23.6 Å². The summed E-state index contributed by atoms with van der Waals surface area (Å²) in [6, 6.07) is 1.36. The summed E-state index contributed by atoms with van der Waals surface area (Å²) >= 11 is 4.67. The van der Waals surface area contributed by atoms with Gasteiger partial charge in [-0.05, 0) is 49.2 Å². The van der Waals surface area contributed by atoms with Crippen molar-refractivity contribution >= 4 is 38.4 Å². The predicted octanol–water partition coefficient (Wildman–Crippen LogP) is 5.26. The highest BCUT2D eigenvalue weighted by atomic mass is 79.9. The van der Waals surface area contributed by atoms with Crippen molar-refractivity contribution in [2.24, 2.45) is 0 Å². The summed E-state index contributed by atoms with van der Waals surface area (Å²) in [6.45, 7) is 7.93. The van der Waals surface area contributed by atoms with Crippen LogP contribution in [0.2, 0.25) is 0 Å². The van der Waals surface area contributed by atoms with Crippen molar-refractivity contribution in [3.8, 4) is 10.6 Å². The van der Waals surface area contributed by atoms with Crippen LogP contribution in [0.25, 0.3) is 10.6 Å². The summed E-state index contributed by atoms with van der Waals surface area (Å²) in [5.41, 5.74) is -0.0252. The van der Waals surface area contributed by atoms with E-state index in [2.05, 4.69) is 25.9 Å². The third kappa shape index (κ3) is 4.73. The van der Waals surface area contributed by atoms with Gasteiger partial charge in [-0.15, -0.1) is 0 Å². The minimum absolute atomic E-state index is 0.432. The number of carbonyl (C=O) groups is 1. The molecule has 0 saturated carbocycles. The summed E-state index contributed by atoms with van der Waals surface area (Å²) in [4.78, 5) is 22.3. The first-order valence-corrected chi connectivity index (χ1v) is 9.10. The third-order valence-corrected chi connectivity index (χ3v) is 4.77. The summed E-state index contributed by atoms with van der Waals surface area (Å²) in [5.74, 6) is -0.432. The smallest absolute Gasteiger partial charge is 0.415 e. The first-order chi connectivity index (χ1) is 11.2. The Morgan fingerprint density at radius 2 is 2.12 bits per heavy atom. The van der Waals surface area contributed by atoms with E-state index >= 15 is 0 Å². The number of hydrogen-bond donors (Lipinski definition) is 0. The van der Waals surface area contributed by atoms with Gasteiger partial charge in [0.05, 0.1) is 6.20 Å². The standard InChI is InChI=1S/C16H19BrFN3O2S/c1-5-6-21(15(22)23-16(2,3)4)14-12(17)20-13(24-14)10-7-11(18)9-19-8-10/h7-9H,5-6H2,1-4H3. The summed E-state index contributed by atoms with van der Waals surface area (Å²) in [7, 11) is 0. The van der Waals surface area contributed by atoms with Crippen LogP contribution in [-0.2, 0) is 4.74 Å². The molecular weight excluding hydrogens is 397 g/mol. The zero-order valence-corrected chi connectivity index (χ0v) is 16.4. The van der Waals surface area contributed by atoms with Crippen LogP contribution in [0.15, 0.2) is 23.1 Å². The number of ether oxygens (including phenoxy) is 1. The van der Waals surface area contributed by atoms with Crippen molar-refractivity contribution in [2.45, 2.75) is 39.7 Å². The maximum Gasteiger partial charge on any atom is 0.415 e. The lowest BCUT2D eigenvalue weighted by Gasteiger charge is -2.26.